The Morgan fingerprint density at radius 3 is 2.69 bits per heavy atom. The Morgan fingerprint density at radius 2 is 2.00 bits per heavy atom. The predicted molar refractivity (Wildman–Crippen MR) is 51.8 cm³/mol. The summed E-state index contributed by atoms with van der Waals surface area (Å²) in [6, 6.07) is 3.33. The highest BCUT2D eigenvalue weighted by Gasteiger charge is 2.04. The van der Waals surface area contributed by atoms with E-state index in [-0.39, 0.29) is 5.75 Å². The number of hydrogen-bond donors (Lipinski definition) is 1. The first-order valence-electron chi connectivity index (χ1n) is 4.31. The zero-order valence-electron chi connectivity index (χ0n) is 8.03. The van der Waals surface area contributed by atoms with E-state index in [2.05, 4.69) is 4.98 Å². The van der Waals surface area contributed by atoms with Crippen molar-refractivity contribution >= 4 is 11.1 Å². The molecule has 0 radical (unpaired) electrons. The van der Waals surface area contributed by atoms with Crippen LogP contribution >= 0.6 is 0 Å². The van der Waals surface area contributed by atoms with E-state index in [4.69, 9.17) is 4.42 Å². The topological polar surface area (TPSA) is 46.3 Å². The molecule has 0 amide bonds. The first-order chi connectivity index (χ1) is 6.29. The summed E-state index contributed by atoms with van der Waals surface area (Å²) in [5, 5.41) is 9.25. The van der Waals surface area contributed by atoms with Crippen LogP contribution < -0.4 is 0 Å². The Bertz CT molecular complexity index is 393. The number of nitrogens with zero attached hydrogens (tertiary/aromatic N) is 1. The summed E-state index contributed by atoms with van der Waals surface area (Å²) >= 11 is 0. The molecular formula is C10H13NO2. The van der Waals surface area contributed by atoms with Crippen molar-refractivity contribution in [1.29, 1.82) is 0 Å². The van der Waals surface area contributed by atoms with Gasteiger partial charge in [0.15, 0.2) is 12.0 Å². The number of aryl methyl sites for hydroxylation is 1. The van der Waals surface area contributed by atoms with Crippen LogP contribution in [0.25, 0.3) is 11.1 Å². The van der Waals surface area contributed by atoms with Crippen LogP contribution in [0.5, 0.6) is 5.75 Å². The molecule has 1 aromatic carbocycles. The van der Waals surface area contributed by atoms with E-state index in [1.54, 1.807) is 19.1 Å². The van der Waals surface area contributed by atoms with Crippen LogP contribution in [0.15, 0.2) is 22.9 Å². The van der Waals surface area contributed by atoms with Gasteiger partial charge in [-0.15, -0.1) is 0 Å². The molecule has 0 unspecified atom stereocenters. The minimum atomic E-state index is 0.245. The average molecular weight is 179 g/mol. The van der Waals surface area contributed by atoms with Crippen LogP contribution in [-0.4, -0.2) is 10.1 Å². The number of aromatic hydroxyl groups is 1. The fraction of sp³-hybridized carbons (Fsp3) is 0.300. The lowest BCUT2D eigenvalue weighted by Gasteiger charge is -1.95. The van der Waals surface area contributed by atoms with Gasteiger partial charge in [0.2, 0.25) is 0 Å². The second kappa shape index (κ2) is 3.94. The van der Waals surface area contributed by atoms with Gasteiger partial charge in [0.1, 0.15) is 11.3 Å². The van der Waals surface area contributed by atoms with Gasteiger partial charge in [-0.1, -0.05) is 13.8 Å². The first-order valence-corrected chi connectivity index (χ1v) is 4.31. The molecule has 0 saturated carbocycles. The second-order valence-corrected chi connectivity index (χ2v) is 2.41. The highest BCUT2D eigenvalue weighted by atomic mass is 16.3. The van der Waals surface area contributed by atoms with E-state index < -0.39 is 0 Å². The maximum atomic E-state index is 9.25. The average Bonchev–Trinajstić information content (AvgIpc) is 2.63. The smallest absolute Gasteiger partial charge is 0.181 e. The lowest BCUT2D eigenvalue weighted by molar-refractivity contribution is 0.470. The number of aromatic nitrogens is 1. The summed E-state index contributed by atoms with van der Waals surface area (Å²) in [5.74, 6) is 0.245. The second-order valence-electron chi connectivity index (χ2n) is 2.41. The number of phenolic OH excluding ortho intramolecular Hbond substituents is 1. The molecule has 0 fully saturated rings. The molecule has 2 rings (SSSR count). The van der Waals surface area contributed by atoms with Crippen LogP contribution in [0.2, 0.25) is 0 Å². The summed E-state index contributed by atoms with van der Waals surface area (Å²) in [6.45, 7) is 5.79. The van der Waals surface area contributed by atoms with Crippen LogP contribution in [0, 0.1) is 6.92 Å². The molecule has 3 nitrogen and oxygen atoms in total. The van der Waals surface area contributed by atoms with E-state index in [0.717, 1.165) is 11.1 Å². The number of fused-ring (bicyclic) bond motifs is 1. The standard InChI is InChI=1S/C8H7NO2.C2H6/c1-5-7(10)3-2-6-8(5)11-4-9-6;1-2/h2-4,10H,1H3;1-2H3. The van der Waals surface area contributed by atoms with Gasteiger partial charge < -0.3 is 9.52 Å². The van der Waals surface area contributed by atoms with Crippen molar-refractivity contribution in [2.45, 2.75) is 20.8 Å². The molecule has 70 valence electrons. The van der Waals surface area contributed by atoms with E-state index >= 15 is 0 Å². The largest absolute Gasteiger partial charge is 0.508 e. The van der Waals surface area contributed by atoms with Gasteiger partial charge in [-0.05, 0) is 19.1 Å². The lowest BCUT2D eigenvalue weighted by Crippen LogP contribution is -1.75. The van der Waals surface area contributed by atoms with Gasteiger partial charge in [0.25, 0.3) is 0 Å². The number of hydrogen-bond acceptors (Lipinski definition) is 3. The van der Waals surface area contributed by atoms with E-state index in [1.165, 1.54) is 6.39 Å². The molecule has 0 saturated heterocycles. The highest BCUT2D eigenvalue weighted by molar-refractivity contribution is 5.78. The van der Waals surface area contributed by atoms with Gasteiger partial charge in [0.05, 0.1) is 0 Å². The van der Waals surface area contributed by atoms with Gasteiger partial charge in [-0.2, -0.15) is 0 Å². The van der Waals surface area contributed by atoms with Crippen LogP contribution in [0.3, 0.4) is 0 Å². The normalized spacial score (nSPS) is 9.46. The van der Waals surface area contributed by atoms with Gasteiger partial charge in [-0.3, -0.25) is 0 Å². The highest BCUT2D eigenvalue weighted by Crippen LogP contribution is 2.24. The molecule has 0 aliphatic heterocycles. The Balaban J connectivity index is 0.000000396. The van der Waals surface area contributed by atoms with Gasteiger partial charge >= 0.3 is 0 Å². The monoisotopic (exact) mass is 179 g/mol. The fourth-order valence-electron chi connectivity index (χ4n) is 1.05. The molecule has 0 bridgehead atoms. The third-order valence-electron chi connectivity index (χ3n) is 1.72. The van der Waals surface area contributed by atoms with E-state index in [0.29, 0.717) is 5.58 Å². The van der Waals surface area contributed by atoms with Crippen molar-refractivity contribution in [3.8, 4) is 5.75 Å². The van der Waals surface area contributed by atoms with Crippen molar-refractivity contribution in [2.75, 3.05) is 0 Å². The zero-order valence-corrected chi connectivity index (χ0v) is 8.03. The summed E-state index contributed by atoms with van der Waals surface area (Å²) in [6.07, 6.45) is 1.37. The third-order valence-corrected chi connectivity index (χ3v) is 1.72. The van der Waals surface area contributed by atoms with Crippen LogP contribution in [0.1, 0.15) is 19.4 Å². The molecule has 3 heteroatoms. The van der Waals surface area contributed by atoms with Crippen LogP contribution in [0.4, 0.5) is 0 Å². The Morgan fingerprint density at radius 1 is 1.31 bits per heavy atom. The maximum absolute atomic E-state index is 9.25. The lowest BCUT2D eigenvalue weighted by atomic mass is 10.2. The van der Waals surface area contributed by atoms with Crippen molar-refractivity contribution in [2.24, 2.45) is 0 Å². The number of benzene rings is 1. The Kier molecular flexibility index (Phi) is 2.90. The summed E-state index contributed by atoms with van der Waals surface area (Å²) in [4.78, 5) is 3.94. The zero-order chi connectivity index (χ0) is 9.84. The van der Waals surface area contributed by atoms with Crippen molar-refractivity contribution in [3.63, 3.8) is 0 Å². The molecule has 0 aliphatic rings. The van der Waals surface area contributed by atoms with Crippen molar-refractivity contribution in [1.82, 2.24) is 4.98 Å². The molecule has 0 atom stereocenters. The molecule has 1 heterocycles. The van der Waals surface area contributed by atoms with Gasteiger partial charge in [-0.25, -0.2) is 4.98 Å². The molecule has 0 spiro atoms. The Hall–Kier alpha value is -1.51. The summed E-state index contributed by atoms with van der Waals surface area (Å²) < 4.78 is 5.06. The van der Waals surface area contributed by atoms with E-state index in [1.807, 2.05) is 13.8 Å². The first kappa shape index (κ1) is 9.58. The van der Waals surface area contributed by atoms with Crippen molar-refractivity contribution < 1.29 is 9.52 Å². The summed E-state index contributed by atoms with van der Waals surface area (Å²) in [5.41, 5.74) is 2.17. The SMILES string of the molecule is CC.Cc1c(O)ccc2ncoc12. The van der Waals surface area contributed by atoms with Crippen LogP contribution in [-0.2, 0) is 0 Å². The molecule has 13 heavy (non-hydrogen) atoms. The molecule has 2 aromatic rings. The van der Waals surface area contributed by atoms with E-state index in [9.17, 15) is 5.11 Å². The quantitative estimate of drug-likeness (QED) is 0.676. The molecule has 1 aromatic heterocycles. The fourth-order valence-corrected chi connectivity index (χ4v) is 1.05. The van der Waals surface area contributed by atoms with Crippen molar-refractivity contribution in [3.05, 3.63) is 24.1 Å². The summed E-state index contributed by atoms with van der Waals surface area (Å²) in [7, 11) is 0. The minimum absolute atomic E-state index is 0.245. The number of oxazole rings is 1. The third kappa shape index (κ3) is 1.64. The maximum Gasteiger partial charge on any atom is 0.181 e. The predicted octanol–water partition coefficient (Wildman–Crippen LogP) is 2.87. The molecular weight excluding hydrogens is 166 g/mol. The molecule has 0 aliphatic carbocycles. The minimum Gasteiger partial charge on any atom is -0.508 e. The van der Waals surface area contributed by atoms with Gasteiger partial charge in [0, 0.05) is 5.56 Å². The molecule has 1 N–H and O–H groups in total. The number of rotatable bonds is 0. The number of phenols is 1. The Labute approximate surface area is 77.0 Å².